The highest BCUT2D eigenvalue weighted by molar-refractivity contribution is 5.98. The van der Waals surface area contributed by atoms with Gasteiger partial charge in [0.05, 0.1) is 6.42 Å². The summed E-state index contributed by atoms with van der Waals surface area (Å²) < 4.78 is 0. The van der Waals surface area contributed by atoms with Gasteiger partial charge >= 0.3 is 0 Å². The highest BCUT2D eigenvalue weighted by Gasteiger charge is 2.07. The van der Waals surface area contributed by atoms with E-state index in [4.69, 9.17) is 0 Å². The lowest BCUT2D eigenvalue weighted by molar-refractivity contribution is -0.127. The molecule has 0 saturated heterocycles. The molecule has 0 amide bonds. The van der Waals surface area contributed by atoms with E-state index in [1.165, 1.54) is 0 Å². The minimum absolute atomic E-state index is 0.114. The van der Waals surface area contributed by atoms with Gasteiger partial charge in [0.2, 0.25) is 0 Å². The smallest absolute Gasteiger partial charge is 0.140 e. The van der Waals surface area contributed by atoms with Crippen molar-refractivity contribution in [1.82, 2.24) is 0 Å². The Labute approximate surface area is 80.7 Å². The second-order valence-electron chi connectivity index (χ2n) is 3.46. The van der Waals surface area contributed by atoms with Crippen LogP contribution < -0.4 is 0 Å². The molecule has 0 aliphatic carbocycles. The summed E-state index contributed by atoms with van der Waals surface area (Å²) in [6, 6.07) is 0. The van der Waals surface area contributed by atoms with E-state index in [0.29, 0.717) is 12.8 Å². The van der Waals surface area contributed by atoms with Gasteiger partial charge in [-0.1, -0.05) is 26.7 Å². The van der Waals surface area contributed by atoms with E-state index in [2.05, 4.69) is 0 Å². The number of ketones is 2. The first kappa shape index (κ1) is 12.3. The van der Waals surface area contributed by atoms with E-state index in [1.54, 1.807) is 0 Å². The fourth-order valence-corrected chi connectivity index (χ4v) is 1.14. The normalized spacial score (nSPS) is 10.0. The predicted octanol–water partition coefficient (Wildman–Crippen LogP) is 2.90. The first-order chi connectivity index (χ1) is 6.20. The van der Waals surface area contributed by atoms with Gasteiger partial charge < -0.3 is 0 Å². The molecule has 0 fully saturated rings. The Morgan fingerprint density at radius 2 is 1.23 bits per heavy atom. The lowest BCUT2D eigenvalue weighted by Crippen LogP contribution is -2.07. The molecule has 0 aromatic carbocycles. The molecule has 2 heteroatoms. The molecular weight excluding hydrogens is 164 g/mol. The summed E-state index contributed by atoms with van der Waals surface area (Å²) in [7, 11) is 0. The number of hydrogen-bond acceptors (Lipinski definition) is 2. The van der Waals surface area contributed by atoms with Gasteiger partial charge in [-0.25, -0.2) is 0 Å². The third-order valence-electron chi connectivity index (χ3n) is 2.01. The van der Waals surface area contributed by atoms with Crippen molar-refractivity contribution in [2.24, 2.45) is 0 Å². The maximum absolute atomic E-state index is 11.2. The Morgan fingerprint density at radius 3 is 1.54 bits per heavy atom. The number of hydrogen-bond donors (Lipinski definition) is 0. The van der Waals surface area contributed by atoms with Gasteiger partial charge in [-0.2, -0.15) is 0 Å². The first-order valence-corrected chi connectivity index (χ1v) is 5.24. The standard InChI is InChI=1S/C11H20O2/c1-3-5-7-10(12)9-11(13)8-6-4-2/h3-9H2,1-2H3. The summed E-state index contributed by atoms with van der Waals surface area (Å²) in [6.07, 6.45) is 5.20. The fraction of sp³-hybridized carbons (Fsp3) is 0.818. The molecule has 0 spiro atoms. The van der Waals surface area contributed by atoms with E-state index < -0.39 is 0 Å². The number of carbonyl (C=O) groups is 2. The van der Waals surface area contributed by atoms with Crippen molar-refractivity contribution >= 4 is 11.6 Å². The summed E-state index contributed by atoms with van der Waals surface area (Å²) >= 11 is 0. The molecule has 0 heterocycles. The molecule has 76 valence electrons. The molecule has 0 rings (SSSR count). The van der Waals surface area contributed by atoms with Crippen molar-refractivity contribution in [1.29, 1.82) is 0 Å². The van der Waals surface area contributed by atoms with E-state index in [9.17, 15) is 9.59 Å². The van der Waals surface area contributed by atoms with Crippen LogP contribution in [0.3, 0.4) is 0 Å². The zero-order chi connectivity index (χ0) is 10.1. The average Bonchev–Trinajstić information content (AvgIpc) is 2.11. The van der Waals surface area contributed by atoms with Crippen LogP contribution in [-0.4, -0.2) is 11.6 Å². The highest BCUT2D eigenvalue weighted by atomic mass is 16.1. The minimum atomic E-state index is 0.114. The Kier molecular flexibility index (Phi) is 7.56. The van der Waals surface area contributed by atoms with Crippen LogP contribution in [0.15, 0.2) is 0 Å². The second-order valence-corrected chi connectivity index (χ2v) is 3.46. The highest BCUT2D eigenvalue weighted by Crippen LogP contribution is 2.03. The summed E-state index contributed by atoms with van der Waals surface area (Å²) in [5.41, 5.74) is 0. The summed E-state index contributed by atoms with van der Waals surface area (Å²) in [4.78, 5) is 22.3. The van der Waals surface area contributed by atoms with Crippen LogP contribution in [0.2, 0.25) is 0 Å². The molecule has 0 aromatic heterocycles. The number of Topliss-reactive ketones (excluding diaryl/α,β-unsaturated/α-hetero) is 2. The van der Waals surface area contributed by atoms with Gasteiger partial charge in [0.25, 0.3) is 0 Å². The molecule has 2 nitrogen and oxygen atoms in total. The predicted molar refractivity (Wildman–Crippen MR) is 53.7 cm³/mol. The molecular formula is C11H20O2. The summed E-state index contributed by atoms with van der Waals surface area (Å²) in [5.74, 6) is 0.228. The number of unbranched alkanes of at least 4 members (excludes halogenated alkanes) is 2. The topological polar surface area (TPSA) is 34.1 Å². The molecule has 0 aliphatic heterocycles. The molecule has 0 aromatic rings. The summed E-state index contributed by atoms with van der Waals surface area (Å²) in [5, 5.41) is 0. The minimum Gasteiger partial charge on any atom is -0.299 e. The molecule has 0 N–H and O–H groups in total. The van der Waals surface area contributed by atoms with Gasteiger partial charge in [-0.3, -0.25) is 9.59 Å². The average molecular weight is 184 g/mol. The maximum Gasteiger partial charge on any atom is 0.140 e. The quantitative estimate of drug-likeness (QED) is 0.543. The van der Waals surface area contributed by atoms with Crippen LogP contribution in [0.5, 0.6) is 0 Å². The van der Waals surface area contributed by atoms with E-state index in [-0.39, 0.29) is 18.0 Å². The Hall–Kier alpha value is -0.660. The zero-order valence-corrected chi connectivity index (χ0v) is 8.77. The van der Waals surface area contributed by atoms with Crippen molar-refractivity contribution in [2.75, 3.05) is 0 Å². The van der Waals surface area contributed by atoms with Crippen molar-refractivity contribution in [3.63, 3.8) is 0 Å². The lowest BCUT2D eigenvalue weighted by Gasteiger charge is -1.98. The maximum atomic E-state index is 11.2. The van der Waals surface area contributed by atoms with Crippen molar-refractivity contribution < 1.29 is 9.59 Å². The molecule has 0 bridgehead atoms. The molecule has 0 atom stereocenters. The Morgan fingerprint density at radius 1 is 0.846 bits per heavy atom. The van der Waals surface area contributed by atoms with Gasteiger partial charge in [-0.15, -0.1) is 0 Å². The molecule has 0 radical (unpaired) electrons. The number of carbonyl (C=O) groups excluding carboxylic acids is 2. The van der Waals surface area contributed by atoms with Crippen LogP contribution in [-0.2, 0) is 9.59 Å². The fourth-order valence-electron chi connectivity index (χ4n) is 1.14. The third-order valence-corrected chi connectivity index (χ3v) is 2.01. The van der Waals surface area contributed by atoms with Crippen molar-refractivity contribution in [2.45, 2.75) is 58.8 Å². The Balaban J connectivity index is 3.47. The largest absolute Gasteiger partial charge is 0.299 e. The van der Waals surface area contributed by atoms with Gasteiger partial charge in [0, 0.05) is 12.8 Å². The van der Waals surface area contributed by atoms with Crippen LogP contribution >= 0.6 is 0 Å². The van der Waals surface area contributed by atoms with Crippen molar-refractivity contribution in [3.05, 3.63) is 0 Å². The van der Waals surface area contributed by atoms with Gasteiger partial charge in [0.1, 0.15) is 11.6 Å². The first-order valence-electron chi connectivity index (χ1n) is 5.24. The second kappa shape index (κ2) is 7.96. The van der Waals surface area contributed by atoms with Crippen LogP contribution in [0, 0.1) is 0 Å². The number of rotatable bonds is 8. The van der Waals surface area contributed by atoms with Crippen LogP contribution in [0.4, 0.5) is 0 Å². The zero-order valence-electron chi connectivity index (χ0n) is 8.77. The van der Waals surface area contributed by atoms with Crippen molar-refractivity contribution in [3.8, 4) is 0 Å². The Bertz CT molecular complexity index is 143. The molecule has 0 aliphatic rings. The van der Waals surface area contributed by atoms with Gasteiger partial charge in [-0.05, 0) is 12.8 Å². The van der Waals surface area contributed by atoms with E-state index >= 15 is 0 Å². The molecule has 0 saturated carbocycles. The lowest BCUT2D eigenvalue weighted by atomic mass is 10.1. The van der Waals surface area contributed by atoms with Crippen LogP contribution in [0.25, 0.3) is 0 Å². The SMILES string of the molecule is CCCCC(=O)CC(=O)CCCC. The third kappa shape index (κ3) is 7.69. The van der Waals surface area contributed by atoms with Crippen LogP contribution in [0.1, 0.15) is 58.8 Å². The van der Waals surface area contributed by atoms with E-state index in [1.807, 2.05) is 13.8 Å². The molecule has 0 unspecified atom stereocenters. The summed E-state index contributed by atoms with van der Waals surface area (Å²) in [6.45, 7) is 4.10. The monoisotopic (exact) mass is 184 g/mol. The van der Waals surface area contributed by atoms with E-state index in [0.717, 1.165) is 25.7 Å². The molecule has 13 heavy (non-hydrogen) atoms. The van der Waals surface area contributed by atoms with Gasteiger partial charge in [0.15, 0.2) is 0 Å².